The molecule has 2 aromatic rings. The van der Waals surface area contributed by atoms with Crippen LogP contribution in [0, 0.1) is 0 Å². The van der Waals surface area contributed by atoms with Crippen LogP contribution in [0.3, 0.4) is 0 Å². The van der Waals surface area contributed by atoms with Crippen LogP contribution in [0.25, 0.3) is 0 Å². The van der Waals surface area contributed by atoms with Crippen molar-refractivity contribution in [3.05, 3.63) is 65.7 Å². The number of benzene rings is 2. The molecule has 1 heteroatoms. The van der Waals surface area contributed by atoms with Crippen LogP contribution in [-0.2, 0) is 6.42 Å². The first-order valence-corrected chi connectivity index (χ1v) is 8.57. The Bertz CT molecular complexity index is 551. The minimum absolute atomic E-state index is 0.562. The number of rotatable bonds is 7. The van der Waals surface area contributed by atoms with E-state index in [9.17, 15) is 0 Å². The summed E-state index contributed by atoms with van der Waals surface area (Å²) in [6.45, 7) is 9.23. The largest absolute Gasteiger partial charge is 0.366 e. The van der Waals surface area contributed by atoms with Crippen LogP contribution in [-0.4, -0.2) is 12.1 Å². The van der Waals surface area contributed by atoms with Crippen molar-refractivity contribution in [2.75, 3.05) is 4.90 Å². The van der Waals surface area contributed by atoms with Gasteiger partial charge in [0.25, 0.3) is 0 Å². The van der Waals surface area contributed by atoms with Crippen molar-refractivity contribution in [1.29, 1.82) is 0 Å². The highest BCUT2D eigenvalue weighted by Crippen LogP contribution is 2.28. The number of hydrogen-bond donors (Lipinski definition) is 0. The van der Waals surface area contributed by atoms with E-state index in [4.69, 9.17) is 0 Å². The number of anilines is 1. The maximum atomic E-state index is 2.61. The second kappa shape index (κ2) is 8.03. The summed E-state index contributed by atoms with van der Waals surface area (Å²) < 4.78 is 0. The molecule has 2 rings (SSSR count). The molecule has 0 N–H and O–H groups in total. The summed E-state index contributed by atoms with van der Waals surface area (Å²) in [5.74, 6) is 0. The molecule has 2 unspecified atom stereocenters. The van der Waals surface area contributed by atoms with Crippen molar-refractivity contribution in [2.24, 2.45) is 0 Å². The third-order valence-electron chi connectivity index (χ3n) is 4.64. The standard InChI is InChI=1S/C21H29N/c1-5-17(3)22(18(4)6-2)21-15-11-10-14-20(21)16-19-12-8-7-9-13-19/h7-15,17-18H,5-6,16H2,1-4H3. The van der Waals surface area contributed by atoms with Crippen LogP contribution in [0.4, 0.5) is 5.69 Å². The summed E-state index contributed by atoms with van der Waals surface area (Å²) in [5, 5.41) is 0. The molecule has 0 saturated heterocycles. The van der Waals surface area contributed by atoms with E-state index in [0.717, 1.165) is 6.42 Å². The Labute approximate surface area is 136 Å². The van der Waals surface area contributed by atoms with E-state index in [0.29, 0.717) is 12.1 Å². The van der Waals surface area contributed by atoms with Crippen molar-refractivity contribution in [2.45, 2.75) is 59.0 Å². The quantitative estimate of drug-likeness (QED) is 0.635. The zero-order valence-electron chi connectivity index (χ0n) is 14.4. The van der Waals surface area contributed by atoms with Gasteiger partial charge in [-0.3, -0.25) is 0 Å². The highest BCUT2D eigenvalue weighted by Gasteiger charge is 2.20. The molecule has 0 aliphatic carbocycles. The SMILES string of the molecule is CCC(C)N(c1ccccc1Cc1ccccc1)C(C)CC. The summed E-state index contributed by atoms with van der Waals surface area (Å²) in [7, 11) is 0. The lowest BCUT2D eigenvalue weighted by Gasteiger charge is -2.37. The molecule has 0 fully saturated rings. The predicted molar refractivity (Wildman–Crippen MR) is 97.7 cm³/mol. The van der Waals surface area contributed by atoms with E-state index < -0.39 is 0 Å². The molecule has 2 atom stereocenters. The van der Waals surface area contributed by atoms with Crippen molar-refractivity contribution >= 4 is 5.69 Å². The van der Waals surface area contributed by atoms with Gasteiger partial charge in [-0.25, -0.2) is 0 Å². The van der Waals surface area contributed by atoms with Gasteiger partial charge in [0.1, 0.15) is 0 Å². The maximum Gasteiger partial charge on any atom is 0.0406 e. The van der Waals surface area contributed by atoms with Crippen molar-refractivity contribution in [3.8, 4) is 0 Å². The third kappa shape index (κ3) is 3.91. The van der Waals surface area contributed by atoms with Gasteiger partial charge >= 0.3 is 0 Å². The van der Waals surface area contributed by atoms with Gasteiger partial charge in [0.05, 0.1) is 0 Å². The first kappa shape index (κ1) is 16.6. The minimum Gasteiger partial charge on any atom is -0.366 e. The molecular formula is C21H29N. The first-order valence-electron chi connectivity index (χ1n) is 8.57. The molecule has 118 valence electrons. The second-order valence-corrected chi connectivity index (χ2v) is 6.21. The molecule has 0 spiro atoms. The molecule has 1 nitrogen and oxygen atoms in total. The Hall–Kier alpha value is -1.76. The maximum absolute atomic E-state index is 2.61. The zero-order valence-corrected chi connectivity index (χ0v) is 14.4. The van der Waals surface area contributed by atoms with Crippen LogP contribution in [0.2, 0.25) is 0 Å². The van der Waals surface area contributed by atoms with Gasteiger partial charge in [-0.15, -0.1) is 0 Å². The molecule has 0 saturated carbocycles. The average Bonchev–Trinajstić information content (AvgIpc) is 2.57. The van der Waals surface area contributed by atoms with Gasteiger partial charge in [0.2, 0.25) is 0 Å². The van der Waals surface area contributed by atoms with E-state index in [2.05, 4.69) is 87.2 Å². The van der Waals surface area contributed by atoms with Gasteiger partial charge in [0.15, 0.2) is 0 Å². The highest BCUT2D eigenvalue weighted by molar-refractivity contribution is 5.56. The lowest BCUT2D eigenvalue weighted by atomic mass is 10.00. The van der Waals surface area contributed by atoms with Crippen LogP contribution in [0.15, 0.2) is 54.6 Å². The Balaban J connectivity index is 2.36. The fraction of sp³-hybridized carbons (Fsp3) is 0.429. The Morgan fingerprint density at radius 3 is 1.91 bits per heavy atom. The van der Waals surface area contributed by atoms with Gasteiger partial charge in [-0.05, 0) is 50.3 Å². The first-order chi connectivity index (χ1) is 10.7. The lowest BCUT2D eigenvalue weighted by molar-refractivity contribution is 0.526. The fourth-order valence-corrected chi connectivity index (χ4v) is 3.03. The summed E-state index contributed by atoms with van der Waals surface area (Å²) >= 11 is 0. The molecule has 0 heterocycles. The number of nitrogens with zero attached hydrogens (tertiary/aromatic N) is 1. The van der Waals surface area contributed by atoms with Crippen LogP contribution >= 0.6 is 0 Å². The monoisotopic (exact) mass is 295 g/mol. The Kier molecular flexibility index (Phi) is 6.06. The lowest BCUT2D eigenvalue weighted by Crippen LogP contribution is -2.40. The topological polar surface area (TPSA) is 3.24 Å². The third-order valence-corrected chi connectivity index (χ3v) is 4.64. The van der Waals surface area contributed by atoms with E-state index in [1.807, 2.05) is 0 Å². The molecular weight excluding hydrogens is 266 g/mol. The van der Waals surface area contributed by atoms with Gasteiger partial charge in [0, 0.05) is 17.8 Å². The molecule has 0 amide bonds. The Morgan fingerprint density at radius 2 is 1.32 bits per heavy atom. The van der Waals surface area contributed by atoms with Crippen molar-refractivity contribution in [1.82, 2.24) is 0 Å². The van der Waals surface area contributed by atoms with Gasteiger partial charge < -0.3 is 4.90 Å². The second-order valence-electron chi connectivity index (χ2n) is 6.21. The summed E-state index contributed by atoms with van der Waals surface area (Å²) in [4.78, 5) is 2.61. The van der Waals surface area contributed by atoms with Gasteiger partial charge in [-0.2, -0.15) is 0 Å². The molecule has 0 aliphatic heterocycles. The summed E-state index contributed by atoms with van der Waals surface area (Å²) in [5.41, 5.74) is 4.20. The number of para-hydroxylation sites is 1. The molecule has 22 heavy (non-hydrogen) atoms. The molecule has 0 aromatic heterocycles. The Morgan fingerprint density at radius 1 is 0.773 bits per heavy atom. The average molecular weight is 295 g/mol. The van der Waals surface area contributed by atoms with E-state index in [-0.39, 0.29) is 0 Å². The van der Waals surface area contributed by atoms with E-state index in [1.54, 1.807) is 0 Å². The summed E-state index contributed by atoms with van der Waals surface area (Å²) in [6, 6.07) is 20.8. The van der Waals surface area contributed by atoms with E-state index >= 15 is 0 Å². The van der Waals surface area contributed by atoms with E-state index in [1.165, 1.54) is 29.7 Å². The zero-order chi connectivity index (χ0) is 15.9. The summed E-state index contributed by atoms with van der Waals surface area (Å²) in [6.07, 6.45) is 3.34. The predicted octanol–water partition coefficient (Wildman–Crippen LogP) is 5.68. The minimum atomic E-state index is 0.562. The normalized spacial score (nSPS) is 13.6. The smallest absolute Gasteiger partial charge is 0.0406 e. The van der Waals surface area contributed by atoms with Crippen molar-refractivity contribution < 1.29 is 0 Å². The fourth-order valence-electron chi connectivity index (χ4n) is 3.03. The molecule has 0 radical (unpaired) electrons. The van der Waals surface area contributed by atoms with Crippen LogP contribution in [0.5, 0.6) is 0 Å². The molecule has 0 aliphatic rings. The molecule has 0 bridgehead atoms. The molecule has 2 aromatic carbocycles. The van der Waals surface area contributed by atoms with Gasteiger partial charge in [-0.1, -0.05) is 62.4 Å². The highest BCUT2D eigenvalue weighted by atomic mass is 15.2. The van der Waals surface area contributed by atoms with Crippen LogP contribution in [0.1, 0.15) is 51.7 Å². The number of hydrogen-bond acceptors (Lipinski definition) is 1. The van der Waals surface area contributed by atoms with Crippen LogP contribution < -0.4 is 4.90 Å². The van der Waals surface area contributed by atoms with Crippen molar-refractivity contribution in [3.63, 3.8) is 0 Å².